The highest BCUT2D eigenvalue weighted by Crippen LogP contribution is 2.45. The SMILES string of the molecule is CC1(CCCOCC2CO2)C[Si](C)(C)[Si](C)(C)[Si](C)(C)O1. The molecule has 21 heavy (non-hydrogen) atoms. The van der Waals surface area contributed by atoms with Gasteiger partial charge < -0.3 is 13.9 Å². The van der Waals surface area contributed by atoms with E-state index in [1.54, 1.807) is 0 Å². The Morgan fingerprint density at radius 1 is 1.14 bits per heavy atom. The van der Waals surface area contributed by atoms with Crippen LogP contribution >= 0.6 is 0 Å². The van der Waals surface area contributed by atoms with Crippen LogP contribution in [0.4, 0.5) is 0 Å². The molecule has 2 unspecified atom stereocenters. The van der Waals surface area contributed by atoms with Gasteiger partial charge in [0, 0.05) is 14.2 Å². The van der Waals surface area contributed by atoms with E-state index in [1.165, 1.54) is 6.04 Å². The van der Waals surface area contributed by atoms with E-state index in [0.717, 1.165) is 32.7 Å². The number of ether oxygens (including phenoxy) is 2. The van der Waals surface area contributed by atoms with Crippen LogP contribution in [0.1, 0.15) is 19.8 Å². The fourth-order valence-electron chi connectivity index (χ4n) is 3.82. The molecule has 2 rings (SSSR count). The van der Waals surface area contributed by atoms with Crippen molar-refractivity contribution in [2.45, 2.75) is 76.8 Å². The molecule has 124 valence electrons. The van der Waals surface area contributed by atoms with Gasteiger partial charge in [0.2, 0.25) is 0 Å². The molecule has 2 fully saturated rings. The molecule has 0 aliphatic carbocycles. The monoisotopic (exact) mass is 346 g/mol. The van der Waals surface area contributed by atoms with Crippen LogP contribution in [0.15, 0.2) is 0 Å². The average molecular weight is 347 g/mol. The highest BCUT2D eigenvalue weighted by molar-refractivity contribution is 7.67. The van der Waals surface area contributed by atoms with Crippen LogP contribution in [-0.2, 0) is 13.9 Å². The van der Waals surface area contributed by atoms with E-state index in [9.17, 15) is 0 Å². The molecule has 0 N–H and O–H groups in total. The average Bonchev–Trinajstić information content (AvgIpc) is 3.08. The molecule has 6 heteroatoms. The summed E-state index contributed by atoms with van der Waals surface area (Å²) in [5, 5.41) is 0. The van der Waals surface area contributed by atoms with Gasteiger partial charge in [-0.3, -0.25) is 0 Å². The Morgan fingerprint density at radius 2 is 1.76 bits per heavy atom. The van der Waals surface area contributed by atoms with E-state index in [1.807, 2.05) is 0 Å². The summed E-state index contributed by atoms with van der Waals surface area (Å²) in [7, 11) is -3.86. The Bertz CT molecular complexity index is 358. The lowest BCUT2D eigenvalue weighted by atomic mass is 10.0. The maximum absolute atomic E-state index is 6.81. The molecule has 0 aromatic heterocycles. The normalized spacial score (nSPS) is 36.4. The zero-order valence-corrected chi connectivity index (χ0v) is 18.0. The minimum absolute atomic E-state index is 0.105. The Morgan fingerprint density at radius 3 is 2.29 bits per heavy atom. The van der Waals surface area contributed by atoms with Gasteiger partial charge in [-0.25, -0.2) is 0 Å². The third-order valence-corrected chi connectivity index (χ3v) is 46.8. The molecule has 3 nitrogen and oxygen atoms in total. The minimum Gasteiger partial charge on any atom is -0.415 e. The fourth-order valence-corrected chi connectivity index (χ4v) is 34.6. The minimum atomic E-state index is -1.53. The highest BCUT2D eigenvalue weighted by Gasteiger charge is 2.61. The lowest BCUT2D eigenvalue weighted by Crippen LogP contribution is -2.78. The number of hydrogen-bond acceptors (Lipinski definition) is 3. The summed E-state index contributed by atoms with van der Waals surface area (Å²) in [6.07, 6.45) is 2.65. The first-order valence-electron chi connectivity index (χ1n) is 8.39. The van der Waals surface area contributed by atoms with Crippen molar-refractivity contribution in [3.63, 3.8) is 0 Å². The molecule has 2 atom stereocenters. The zero-order valence-electron chi connectivity index (χ0n) is 15.0. The second-order valence-corrected chi connectivity index (χ2v) is 36.2. The second-order valence-electron chi connectivity index (χ2n) is 8.88. The van der Waals surface area contributed by atoms with Crippen LogP contribution in [0.2, 0.25) is 45.3 Å². The molecular formula is C15H34O3Si3. The number of epoxide rings is 1. The van der Waals surface area contributed by atoms with Crippen molar-refractivity contribution in [3.8, 4) is 0 Å². The van der Waals surface area contributed by atoms with Gasteiger partial charge in [-0.2, -0.15) is 0 Å². The van der Waals surface area contributed by atoms with Crippen LogP contribution < -0.4 is 0 Å². The van der Waals surface area contributed by atoms with E-state index in [2.05, 4.69) is 46.2 Å². The Kier molecular flexibility index (Phi) is 5.00. The number of hydrogen-bond donors (Lipinski definition) is 0. The van der Waals surface area contributed by atoms with Gasteiger partial charge >= 0.3 is 0 Å². The van der Waals surface area contributed by atoms with Crippen LogP contribution in [0.5, 0.6) is 0 Å². The smallest absolute Gasteiger partial charge is 0.172 e. The first kappa shape index (κ1) is 17.9. The largest absolute Gasteiger partial charge is 0.415 e. The molecule has 0 radical (unpaired) electrons. The van der Waals surface area contributed by atoms with Crippen LogP contribution in [-0.4, -0.2) is 54.1 Å². The van der Waals surface area contributed by atoms with Crippen molar-refractivity contribution in [1.29, 1.82) is 0 Å². The lowest BCUT2D eigenvalue weighted by molar-refractivity contribution is 0.0634. The Labute approximate surface area is 133 Å². The second kappa shape index (κ2) is 5.87. The van der Waals surface area contributed by atoms with Gasteiger partial charge in [-0.1, -0.05) is 26.2 Å². The zero-order chi connectivity index (χ0) is 15.9. The molecule has 0 aromatic carbocycles. The van der Waals surface area contributed by atoms with Crippen molar-refractivity contribution in [1.82, 2.24) is 0 Å². The topological polar surface area (TPSA) is 31.0 Å². The predicted molar refractivity (Wildman–Crippen MR) is 96.5 cm³/mol. The maximum atomic E-state index is 6.81. The van der Waals surface area contributed by atoms with Gasteiger partial charge in [0.05, 0.1) is 25.9 Å². The maximum Gasteiger partial charge on any atom is 0.172 e. The molecule has 2 heterocycles. The summed E-state index contributed by atoms with van der Waals surface area (Å²) in [6.45, 7) is 20.3. The van der Waals surface area contributed by atoms with E-state index in [0.29, 0.717) is 6.10 Å². The molecular weight excluding hydrogens is 312 g/mol. The molecule has 2 aliphatic rings. The fraction of sp³-hybridized carbons (Fsp3) is 1.00. The molecule has 0 saturated carbocycles. The molecule has 0 spiro atoms. The van der Waals surface area contributed by atoms with E-state index < -0.39 is 22.5 Å². The lowest BCUT2D eigenvalue weighted by Gasteiger charge is -2.58. The molecule has 0 amide bonds. The van der Waals surface area contributed by atoms with E-state index in [4.69, 9.17) is 13.9 Å². The summed E-state index contributed by atoms with van der Waals surface area (Å²) in [5.74, 6) is 0. The van der Waals surface area contributed by atoms with Crippen molar-refractivity contribution in [3.05, 3.63) is 0 Å². The highest BCUT2D eigenvalue weighted by atomic mass is 29.6. The first-order chi connectivity index (χ1) is 9.49. The van der Waals surface area contributed by atoms with Gasteiger partial charge in [-0.15, -0.1) is 0 Å². The van der Waals surface area contributed by atoms with Gasteiger partial charge in [0.1, 0.15) is 6.10 Å². The van der Waals surface area contributed by atoms with Gasteiger partial charge in [-0.05, 0) is 38.9 Å². The Hall–Kier alpha value is 0.531. The number of rotatable bonds is 6. The third-order valence-electron chi connectivity index (χ3n) is 6.21. The summed E-state index contributed by atoms with van der Waals surface area (Å²) in [4.78, 5) is 0. The Balaban J connectivity index is 1.88. The van der Waals surface area contributed by atoms with Gasteiger partial charge in [0.25, 0.3) is 0 Å². The van der Waals surface area contributed by atoms with E-state index >= 15 is 0 Å². The quantitative estimate of drug-likeness (QED) is 0.417. The molecule has 2 aliphatic heterocycles. The summed E-state index contributed by atoms with van der Waals surface area (Å²) in [5.41, 5.74) is 0.105. The first-order valence-corrected chi connectivity index (χ1v) is 19.5. The van der Waals surface area contributed by atoms with Crippen LogP contribution in [0.3, 0.4) is 0 Å². The third kappa shape index (κ3) is 3.90. The summed E-state index contributed by atoms with van der Waals surface area (Å²) >= 11 is 0. The van der Waals surface area contributed by atoms with Crippen molar-refractivity contribution < 1.29 is 13.9 Å². The molecule has 0 aromatic rings. The molecule has 0 bridgehead atoms. The van der Waals surface area contributed by atoms with Crippen molar-refractivity contribution >= 4 is 22.5 Å². The van der Waals surface area contributed by atoms with Gasteiger partial charge in [0.15, 0.2) is 7.83 Å². The summed E-state index contributed by atoms with van der Waals surface area (Å²) in [6, 6.07) is 1.33. The van der Waals surface area contributed by atoms with Crippen LogP contribution in [0.25, 0.3) is 0 Å². The molecule has 2 saturated heterocycles. The van der Waals surface area contributed by atoms with E-state index in [-0.39, 0.29) is 5.60 Å². The predicted octanol–water partition coefficient (Wildman–Crippen LogP) is 3.75. The summed E-state index contributed by atoms with van der Waals surface area (Å²) < 4.78 is 17.7. The van der Waals surface area contributed by atoms with Crippen LogP contribution in [0, 0.1) is 0 Å². The standard InChI is InChI=1S/C15H34O3Si3/c1-15(9-8-10-16-11-14-12-17-14)13-19(2,3)21(6,7)20(4,5)18-15/h14H,8-13H2,1-7H3. The van der Waals surface area contributed by atoms with Crippen molar-refractivity contribution in [2.75, 3.05) is 19.8 Å². The van der Waals surface area contributed by atoms with Crippen molar-refractivity contribution in [2.24, 2.45) is 0 Å².